The van der Waals surface area contributed by atoms with Crippen molar-refractivity contribution in [2.75, 3.05) is 7.11 Å². The van der Waals surface area contributed by atoms with Gasteiger partial charge in [-0.1, -0.05) is 42.5 Å². The van der Waals surface area contributed by atoms with Crippen LogP contribution in [0.5, 0.6) is 0 Å². The van der Waals surface area contributed by atoms with Gasteiger partial charge in [-0.25, -0.2) is 4.79 Å². The molecule has 0 unspecified atom stereocenters. The molecule has 3 rings (SSSR count). The molecule has 122 valence electrons. The summed E-state index contributed by atoms with van der Waals surface area (Å²) in [6.07, 6.45) is 0.398. The number of ether oxygens (including phenoxy) is 1. The van der Waals surface area contributed by atoms with Gasteiger partial charge in [-0.3, -0.25) is 4.79 Å². The average molecular weight is 321 g/mol. The fourth-order valence-corrected chi connectivity index (χ4v) is 2.93. The fourth-order valence-electron chi connectivity index (χ4n) is 2.93. The SMILES string of the molecule is COC(=O)[C@H](Cc1ccc2cc3ccccc3cc2c1)NC(C)=O. The lowest BCUT2D eigenvalue weighted by atomic mass is 9.99. The largest absolute Gasteiger partial charge is 0.467 e. The van der Waals surface area contributed by atoms with Gasteiger partial charge in [0.05, 0.1) is 7.11 Å². The number of hydrogen-bond donors (Lipinski definition) is 1. The van der Waals surface area contributed by atoms with Crippen LogP contribution in [0.2, 0.25) is 0 Å². The Morgan fingerprint density at radius 2 is 1.58 bits per heavy atom. The minimum atomic E-state index is -0.676. The predicted molar refractivity (Wildman–Crippen MR) is 94.8 cm³/mol. The lowest BCUT2D eigenvalue weighted by Gasteiger charge is -2.16. The second-order valence-electron chi connectivity index (χ2n) is 5.86. The number of carbonyl (C=O) groups excluding carboxylic acids is 2. The molecule has 0 aromatic heterocycles. The summed E-state index contributed by atoms with van der Waals surface area (Å²) in [5.41, 5.74) is 0.974. The maximum atomic E-state index is 11.9. The Morgan fingerprint density at radius 1 is 0.958 bits per heavy atom. The maximum Gasteiger partial charge on any atom is 0.328 e. The van der Waals surface area contributed by atoms with Gasteiger partial charge in [0.25, 0.3) is 0 Å². The van der Waals surface area contributed by atoms with Crippen molar-refractivity contribution in [1.82, 2.24) is 5.32 Å². The summed E-state index contributed by atoms with van der Waals surface area (Å²) >= 11 is 0. The van der Waals surface area contributed by atoms with Crippen LogP contribution in [0.1, 0.15) is 12.5 Å². The van der Waals surface area contributed by atoms with Crippen LogP contribution in [0, 0.1) is 0 Å². The number of rotatable bonds is 4. The first-order valence-corrected chi connectivity index (χ1v) is 7.83. The lowest BCUT2D eigenvalue weighted by molar-refractivity contribution is -0.144. The van der Waals surface area contributed by atoms with Crippen LogP contribution < -0.4 is 5.32 Å². The van der Waals surface area contributed by atoms with E-state index in [9.17, 15) is 9.59 Å². The maximum absolute atomic E-state index is 11.9. The first-order chi connectivity index (χ1) is 11.6. The van der Waals surface area contributed by atoms with Crippen molar-refractivity contribution in [2.24, 2.45) is 0 Å². The molecule has 4 heteroatoms. The smallest absolute Gasteiger partial charge is 0.328 e. The Bertz CT molecular complexity index is 917. The first-order valence-electron chi connectivity index (χ1n) is 7.83. The topological polar surface area (TPSA) is 55.4 Å². The molecule has 0 aliphatic heterocycles. The third kappa shape index (κ3) is 3.38. The zero-order valence-corrected chi connectivity index (χ0v) is 13.7. The van der Waals surface area contributed by atoms with Crippen molar-refractivity contribution >= 4 is 33.4 Å². The number of hydrogen-bond acceptors (Lipinski definition) is 3. The molecule has 3 aromatic rings. The molecule has 0 saturated carbocycles. The van der Waals surface area contributed by atoms with Crippen molar-refractivity contribution < 1.29 is 14.3 Å². The highest BCUT2D eigenvalue weighted by Gasteiger charge is 2.20. The molecule has 0 radical (unpaired) electrons. The molecule has 1 amide bonds. The number of amides is 1. The monoisotopic (exact) mass is 321 g/mol. The summed E-state index contributed by atoms with van der Waals surface area (Å²) in [4.78, 5) is 23.2. The Hall–Kier alpha value is -2.88. The number of carbonyl (C=O) groups is 2. The molecule has 0 fully saturated rings. The van der Waals surface area contributed by atoms with Crippen LogP contribution in [-0.2, 0) is 20.7 Å². The number of benzene rings is 3. The summed E-state index contributed by atoms with van der Waals surface area (Å²) in [6.45, 7) is 1.39. The van der Waals surface area contributed by atoms with Crippen molar-refractivity contribution in [3.63, 3.8) is 0 Å². The van der Waals surface area contributed by atoms with Crippen LogP contribution in [0.4, 0.5) is 0 Å². The molecule has 0 saturated heterocycles. The molecule has 4 nitrogen and oxygen atoms in total. The first kappa shape index (κ1) is 16.0. The zero-order chi connectivity index (χ0) is 17.1. The van der Waals surface area contributed by atoms with Crippen LogP contribution >= 0.6 is 0 Å². The van der Waals surface area contributed by atoms with E-state index in [1.54, 1.807) is 0 Å². The highest BCUT2D eigenvalue weighted by atomic mass is 16.5. The van der Waals surface area contributed by atoms with Crippen molar-refractivity contribution in [3.8, 4) is 0 Å². The van der Waals surface area contributed by atoms with E-state index in [2.05, 4.69) is 35.6 Å². The Morgan fingerprint density at radius 3 is 2.21 bits per heavy atom. The Balaban J connectivity index is 1.95. The van der Waals surface area contributed by atoms with Gasteiger partial charge in [0.15, 0.2) is 0 Å². The van der Waals surface area contributed by atoms with Crippen molar-refractivity contribution in [3.05, 3.63) is 60.2 Å². The summed E-state index contributed by atoms with van der Waals surface area (Å²) in [5, 5.41) is 7.27. The normalized spacial score (nSPS) is 12.1. The molecule has 24 heavy (non-hydrogen) atoms. The summed E-state index contributed by atoms with van der Waals surface area (Å²) in [6, 6.07) is 17.9. The second-order valence-corrected chi connectivity index (χ2v) is 5.86. The van der Waals surface area contributed by atoms with Gasteiger partial charge < -0.3 is 10.1 Å². The number of nitrogens with one attached hydrogen (secondary N) is 1. The van der Waals surface area contributed by atoms with Gasteiger partial charge in [-0.2, -0.15) is 0 Å². The van der Waals surface area contributed by atoms with E-state index in [0.29, 0.717) is 6.42 Å². The average Bonchev–Trinajstić information content (AvgIpc) is 2.58. The number of fused-ring (bicyclic) bond motifs is 2. The van der Waals surface area contributed by atoms with Crippen molar-refractivity contribution in [2.45, 2.75) is 19.4 Å². The van der Waals surface area contributed by atoms with E-state index < -0.39 is 12.0 Å². The summed E-state index contributed by atoms with van der Waals surface area (Å²) < 4.78 is 4.78. The van der Waals surface area contributed by atoms with E-state index in [1.807, 2.05) is 24.3 Å². The van der Waals surface area contributed by atoms with E-state index >= 15 is 0 Å². The molecule has 0 spiro atoms. The third-order valence-corrected chi connectivity index (χ3v) is 4.07. The van der Waals surface area contributed by atoms with Gasteiger partial charge in [0.1, 0.15) is 6.04 Å². The Labute approximate surface area is 140 Å². The highest BCUT2D eigenvalue weighted by molar-refractivity contribution is 5.98. The van der Waals surface area contributed by atoms with Gasteiger partial charge in [0.2, 0.25) is 5.91 Å². The molecule has 0 aliphatic rings. The van der Waals surface area contributed by atoms with Crippen LogP contribution in [0.3, 0.4) is 0 Å². The number of methoxy groups -OCH3 is 1. The minimum absolute atomic E-state index is 0.253. The summed E-state index contributed by atoms with van der Waals surface area (Å²) in [7, 11) is 1.32. The van der Waals surface area contributed by atoms with Crippen LogP contribution in [0.25, 0.3) is 21.5 Å². The molecule has 0 heterocycles. The van der Waals surface area contributed by atoms with E-state index in [1.165, 1.54) is 24.8 Å². The van der Waals surface area contributed by atoms with Gasteiger partial charge >= 0.3 is 5.97 Å². The quantitative estimate of drug-likeness (QED) is 0.593. The zero-order valence-electron chi connectivity index (χ0n) is 13.7. The number of esters is 1. The molecule has 0 aliphatic carbocycles. The Kier molecular flexibility index (Phi) is 4.47. The predicted octanol–water partition coefficient (Wildman–Crippen LogP) is 3.21. The van der Waals surface area contributed by atoms with Crippen molar-refractivity contribution in [1.29, 1.82) is 0 Å². The van der Waals surface area contributed by atoms with Crippen LogP contribution in [-0.4, -0.2) is 25.0 Å². The standard InChI is InChI=1S/C20H19NO3/c1-13(22)21-19(20(23)24-2)10-14-7-8-17-11-15-5-3-4-6-16(15)12-18(17)9-14/h3-9,11-12,19H,10H2,1-2H3,(H,21,22)/t19-/m0/s1. The van der Waals surface area contributed by atoms with E-state index in [0.717, 1.165) is 16.3 Å². The molecule has 3 aromatic carbocycles. The van der Waals surface area contributed by atoms with Gasteiger partial charge in [-0.15, -0.1) is 0 Å². The highest BCUT2D eigenvalue weighted by Crippen LogP contribution is 2.24. The summed E-state index contributed by atoms with van der Waals surface area (Å²) in [5.74, 6) is -0.694. The molecule has 1 N–H and O–H groups in total. The minimum Gasteiger partial charge on any atom is -0.467 e. The van der Waals surface area contributed by atoms with E-state index in [4.69, 9.17) is 4.74 Å². The molecule has 1 atom stereocenters. The lowest BCUT2D eigenvalue weighted by Crippen LogP contribution is -2.41. The molecular weight excluding hydrogens is 302 g/mol. The van der Waals surface area contributed by atoms with Gasteiger partial charge in [-0.05, 0) is 39.2 Å². The second kappa shape index (κ2) is 6.71. The molecule has 0 bridgehead atoms. The van der Waals surface area contributed by atoms with E-state index in [-0.39, 0.29) is 5.91 Å². The van der Waals surface area contributed by atoms with Gasteiger partial charge in [0, 0.05) is 13.3 Å². The van der Waals surface area contributed by atoms with Crippen LogP contribution in [0.15, 0.2) is 54.6 Å². The fraction of sp³-hybridized carbons (Fsp3) is 0.200. The third-order valence-electron chi connectivity index (χ3n) is 4.07. The molecular formula is C20H19NO3.